The molecule has 21 rings (SSSR count). The summed E-state index contributed by atoms with van der Waals surface area (Å²) in [4.78, 5) is 5.09. The number of para-hydroxylation sites is 4. The Morgan fingerprint density at radius 3 is 1.82 bits per heavy atom. The molecule has 13 aromatic carbocycles. The van der Waals surface area contributed by atoms with E-state index in [4.69, 9.17) is 19.0 Å². The van der Waals surface area contributed by atoms with Gasteiger partial charge in [-0.15, -0.1) is 0 Å². The van der Waals surface area contributed by atoms with Gasteiger partial charge in [-0.05, 0) is 156 Å². The van der Waals surface area contributed by atoms with E-state index in [0.717, 1.165) is 106 Å². The fraction of sp³-hybridized carbons (Fsp3) is 0.0750. The number of rotatable bonds is 3. The van der Waals surface area contributed by atoms with Crippen LogP contribution in [-0.2, 0) is 5.41 Å². The lowest BCUT2D eigenvalue weighted by molar-refractivity contribution is 0.565. The smallest absolute Gasteiger partial charge is 0.252 e. The Morgan fingerprint density at radius 2 is 1.00 bits per heavy atom. The molecule has 0 aliphatic carbocycles. The first-order valence-corrected chi connectivity index (χ1v) is 31.4. The third kappa shape index (κ3) is 6.04. The molecule has 0 amide bonds. The van der Waals surface area contributed by atoms with Crippen LogP contribution in [0.3, 0.4) is 0 Å². The Morgan fingerprint density at radius 1 is 0.389 bits per heavy atom. The van der Waals surface area contributed by atoms with Crippen molar-refractivity contribution in [2.24, 2.45) is 0 Å². The highest BCUT2D eigenvalue weighted by Crippen LogP contribution is 2.52. The fourth-order valence-electron chi connectivity index (χ4n) is 17.2. The number of aromatic nitrogens is 4. The SMILES string of the molecule is Cc1ccc(-c2cccc3c4cc5c(cc4c4ccccc4c23)N(c2cccc3oc4ccccc4c23)c2cccc3c2B5c2cccc4c(C(C)(C)C)nn-3c24)c(C)c1N1c2cccc3c2B(c2ccc4c(oc5ccccc54)c21)c1cccc2cnn-3c12. The van der Waals surface area contributed by atoms with Crippen LogP contribution in [0.5, 0.6) is 0 Å². The molecule has 0 radical (unpaired) electrons. The second-order valence-electron chi connectivity index (χ2n) is 26.4. The lowest BCUT2D eigenvalue weighted by Gasteiger charge is -2.41. The van der Waals surface area contributed by atoms with Gasteiger partial charge in [0.2, 0.25) is 0 Å². The van der Waals surface area contributed by atoms with Crippen molar-refractivity contribution in [2.45, 2.75) is 40.0 Å². The molecule has 17 aromatic rings. The number of furan rings is 2. The van der Waals surface area contributed by atoms with Gasteiger partial charge in [0.15, 0.2) is 5.58 Å². The molecule has 0 unspecified atom stereocenters. The first-order chi connectivity index (χ1) is 44.2. The maximum Gasteiger partial charge on any atom is 0.252 e. The predicted octanol–water partition coefficient (Wildman–Crippen LogP) is 16.4. The van der Waals surface area contributed by atoms with Crippen LogP contribution in [0, 0.1) is 13.8 Å². The molecule has 0 saturated carbocycles. The molecule has 4 aliphatic heterocycles. The van der Waals surface area contributed by atoms with Gasteiger partial charge in [-0.1, -0.05) is 185 Å². The molecule has 8 heterocycles. The molecule has 8 nitrogen and oxygen atoms in total. The van der Waals surface area contributed by atoms with Gasteiger partial charge in [0, 0.05) is 49.4 Å². The van der Waals surface area contributed by atoms with Crippen LogP contribution in [-0.4, -0.2) is 33.0 Å². The molecular weight excluding hydrogens is 1100 g/mol. The Kier molecular flexibility index (Phi) is 9.22. The second-order valence-corrected chi connectivity index (χ2v) is 26.4. The largest absolute Gasteiger partial charge is 0.456 e. The van der Waals surface area contributed by atoms with Gasteiger partial charge in [-0.3, -0.25) is 0 Å². The van der Waals surface area contributed by atoms with Crippen LogP contribution in [0.15, 0.2) is 233 Å². The topological polar surface area (TPSA) is 68.4 Å². The van der Waals surface area contributed by atoms with Crippen LogP contribution in [0.2, 0.25) is 0 Å². The van der Waals surface area contributed by atoms with E-state index < -0.39 is 0 Å². The molecule has 90 heavy (non-hydrogen) atoms. The molecule has 0 saturated heterocycles. The number of anilines is 6. The van der Waals surface area contributed by atoms with E-state index in [0.29, 0.717) is 0 Å². The summed E-state index contributed by atoms with van der Waals surface area (Å²) in [5, 5.41) is 24.7. The summed E-state index contributed by atoms with van der Waals surface area (Å²) in [7, 11) is 0. The van der Waals surface area contributed by atoms with E-state index in [9.17, 15) is 0 Å². The maximum atomic E-state index is 7.15. The zero-order valence-corrected chi connectivity index (χ0v) is 50.0. The van der Waals surface area contributed by atoms with E-state index in [2.05, 4.69) is 272 Å². The third-order valence-corrected chi connectivity index (χ3v) is 20.7. The monoisotopic (exact) mass is 1150 g/mol. The van der Waals surface area contributed by atoms with Crippen molar-refractivity contribution >= 4 is 178 Å². The summed E-state index contributed by atoms with van der Waals surface area (Å²) >= 11 is 0. The van der Waals surface area contributed by atoms with E-state index >= 15 is 0 Å². The van der Waals surface area contributed by atoms with Crippen LogP contribution in [0.25, 0.3) is 121 Å². The number of hydrogen-bond acceptors (Lipinski definition) is 6. The van der Waals surface area contributed by atoms with Crippen molar-refractivity contribution < 1.29 is 8.83 Å². The zero-order valence-electron chi connectivity index (χ0n) is 50.0. The van der Waals surface area contributed by atoms with Crippen molar-refractivity contribution in [3.63, 3.8) is 0 Å². The van der Waals surface area contributed by atoms with Crippen molar-refractivity contribution in [1.29, 1.82) is 0 Å². The molecule has 0 fully saturated rings. The van der Waals surface area contributed by atoms with Crippen molar-refractivity contribution in [2.75, 3.05) is 9.80 Å². The molecule has 0 N–H and O–H groups in total. The number of hydrogen-bond donors (Lipinski definition) is 0. The van der Waals surface area contributed by atoms with Crippen molar-refractivity contribution in [3.05, 3.63) is 241 Å². The summed E-state index contributed by atoms with van der Waals surface area (Å²) in [5.41, 5.74) is 27.9. The Labute approximate surface area is 517 Å². The number of benzene rings is 13. The summed E-state index contributed by atoms with van der Waals surface area (Å²) in [6.07, 6.45) is 2.02. The highest BCUT2D eigenvalue weighted by atomic mass is 16.3. The van der Waals surface area contributed by atoms with E-state index in [1.807, 2.05) is 6.20 Å². The minimum Gasteiger partial charge on any atom is -0.456 e. The minimum absolute atomic E-state index is 0.0451. The Balaban J connectivity index is 0.840. The molecule has 4 aliphatic rings. The van der Waals surface area contributed by atoms with Gasteiger partial charge in [-0.2, -0.15) is 10.2 Å². The van der Waals surface area contributed by atoms with Crippen LogP contribution < -0.4 is 42.6 Å². The molecular formula is C80H52B2N6O2. The second kappa shape index (κ2) is 16.9. The van der Waals surface area contributed by atoms with Crippen LogP contribution >= 0.6 is 0 Å². The summed E-state index contributed by atoms with van der Waals surface area (Å²) in [5.74, 6) is 0. The average Bonchev–Trinajstić information content (AvgIpc) is 1.15. The summed E-state index contributed by atoms with van der Waals surface area (Å²) in [6, 6.07) is 81.3. The molecule has 420 valence electrons. The maximum absolute atomic E-state index is 7.15. The standard InChI is InChI=1S/C80H52B2N6O2/c1-43-36-37-46(44(2)74(43)86-63-30-16-31-64-73(63)81(57-26-12-18-45-42-83-87(64)75(45)57)59-39-38-52-48-20-8-10-33-67(48)90-78(52)77(59)86)49-23-13-24-51-55-40-60-66(41-56(55)47-19-6-7-21-50(47)70(49)51)85(61-28-17-35-69-71(61)53-22-9-11-34-68(53)89-69)62-29-15-32-65-72(62)82(60)58-27-14-25-54-76(58)88(65)84-79(54)80(3,4)5/h6-42H,1-5H3. The first-order valence-electron chi connectivity index (χ1n) is 31.4. The summed E-state index contributed by atoms with van der Waals surface area (Å²) < 4.78 is 18.3. The number of nitrogens with zero attached hydrogens (tertiary/aromatic N) is 6. The number of fused-ring (bicyclic) bond motifs is 21. The van der Waals surface area contributed by atoms with Crippen LogP contribution in [0.4, 0.5) is 34.1 Å². The van der Waals surface area contributed by atoms with Gasteiger partial charge < -0.3 is 18.6 Å². The highest BCUT2D eigenvalue weighted by molar-refractivity contribution is 7.01. The molecule has 0 spiro atoms. The van der Waals surface area contributed by atoms with Crippen molar-refractivity contribution in [3.8, 4) is 22.5 Å². The van der Waals surface area contributed by atoms with Crippen molar-refractivity contribution in [1.82, 2.24) is 19.6 Å². The molecule has 10 heteroatoms. The van der Waals surface area contributed by atoms with Crippen LogP contribution in [0.1, 0.15) is 37.6 Å². The zero-order chi connectivity index (χ0) is 59.3. The highest BCUT2D eigenvalue weighted by Gasteiger charge is 2.46. The Hall–Kier alpha value is -11.1. The Bertz CT molecular complexity index is 6180. The summed E-state index contributed by atoms with van der Waals surface area (Å²) in [6.45, 7) is 11.3. The molecule has 4 aromatic heterocycles. The van der Waals surface area contributed by atoms with E-state index in [1.165, 1.54) is 98.3 Å². The first kappa shape index (κ1) is 49.0. The minimum atomic E-state index is -0.184. The van der Waals surface area contributed by atoms with Gasteiger partial charge in [0.1, 0.15) is 16.7 Å². The molecule has 0 atom stereocenters. The molecule has 0 bridgehead atoms. The normalized spacial score (nSPS) is 13.7. The predicted molar refractivity (Wildman–Crippen MR) is 375 cm³/mol. The number of aryl methyl sites for hydroxylation is 1. The van der Waals surface area contributed by atoms with Gasteiger partial charge in [0.05, 0.1) is 56.7 Å². The quantitative estimate of drug-likeness (QED) is 0.130. The van der Waals surface area contributed by atoms with E-state index in [-0.39, 0.29) is 18.8 Å². The average molecular weight is 1150 g/mol. The fourth-order valence-corrected chi connectivity index (χ4v) is 17.2. The van der Waals surface area contributed by atoms with Gasteiger partial charge in [0.25, 0.3) is 13.4 Å². The lowest BCUT2D eigenvalue weighted by atomic mass is 9.33. The lowest BCUT2D eigenvalue weighted by Crippen LogP contribution is -2.60. The van der Waals surface area contributed by atoms with Gasteiger partial charge in [-0.25, -0.2) is 9.36 Å². The van der Waals surface area contributed by atoms with E-state index in [1.54, 1.807) is 0 Å². The third-order valence-electron chi connectivity index (χ3n) is 20.7. The van der Waals surface area contributed by atoms with Gasteiger partial charge >= 0.3 is 0 Å².